The summed E-state index contributed by atoms with van der Waals surface area (Å²) in [5.74, 6) is 0.354. The normalized spacial score (nSPS) is 10.6. The van der Waals surface area contributed by atoms with Gasteiger partial charge in [0.15, 0.2) is 0 Å². The Morgan fingerprint density at radius 1 is 1.18 bits per heavy atom. The lowest BCUT2D eigenvalue weighted by molar-refractivity contribution is 0.308. The van der Waals surface area contributed by atoms with Crippen molar-refractivity contribution in [2.75, 3.05) is 5.73 Å². The molecule has 5 heteroatoms. The van der Waals surface area contributed by atoms with Crippen molar-refractivity contribution in [1.29, 1.82) is 0 Å². The van der Waals surface area contributed by atoms with Gasteiger partial charge in [0.25, 0.3) is 0 Å². The molecule has 3 nitrogen and oxygen atoms in total. The van der Waals surface area contributed by atoms with Gasteiger partial charge in [0, 0.05) is 16.6 Å². The molecule has 112 valence electrons. The van der Waals surface area contributed by atoms with Gasteiger partial charge in [0.1, 0.15) is 23.2 Å². The SMILES string of the molecule is Cc1cnc(-c2ccc(OCc3ccc(F)cc3)c(N)c2)s1. The van der Waals surface area contributed by atoms with Crippen LogP contribution in [0.5, 0.6) is 5.75 Å². The lowest BCUT2D eigenvalue weighted by atomic mass is 10.2. The molecule has 2 N–H and O–H groups in total. The Morgan fingerprint density at radius 3 is 2.59 bits per heavy atom. The summed E-state index contributed by atoms with van der Waals surface area (Å²) in [6.07, 6.45) is 1.84. The summed E-state index contributed by atoms with van der Waals surface area (Å²) in [5, 5.41) is 0.939. The Hall–Kier alpha value is -2.40. The standard InChI is InChI=1S/C17H15FN2OS/c1-11-9-20-17(22-11)13-4-7-16(15(19)8-13)21-10-12-2-5-14(18)6-3-12/h2-9H,10,19H2,1H3. The van der Waals surface area contributed by atoms with Gasteiger partial charge < -0.3 is 10.5 Å². The predicted molar refractivity (Wildman–Crippen MR) is 87.4 cm³/mol. The first-order chi connectivity index (χ1) is 10.6. The van der Waals surface area contributed by atoms with Crippen molar-refractivity contribution < 1.29 is 9.13 Å². The van der Waals surface area contributed by atoms with Crippen LogP contribution in [0.1, 0.15) is 10.4 Å². The lowest BCUT2D eigenvalue weighted by Crippen LogP contribution is -1.99. The van der Waals surface area contributed by atoms with Crippen molar-refractivity contribution in [3.05, 3.63) is 64.9 Å². The fourth-order valence-electron chi connectivity index (χ4n) is 2.04. The number of rotatable bonds is 4. The van der Waals surface area contributed by atoms with Gasteiger partial charge in [-0.15, -0.1) is 11.3 Å². The molecule has 0 bridgehead atoms. The van der Waals surface area contributed by atoms with E-state index in [2.05, 4.69) is 4.98 Å². The molecular weight excluding hydrogens is 299 g/mol. The summed E-state index contributed by atoms with van der Waals surface area (Å²) in [6.45, 7) is 2.37. The number of thiazole rings is 1. The Kier molecular flexibility index (Phi) is 4.06. The number of ether oxygens (including phenoxy) is 1. The maximum Gasteiger partial charge on any atom is 0.142 e. The Balaban J connectivity index is 1.73. The van der Waals surface area contributed by atoms with E-state index < -0.39 is 0 Å². The summed E-state index contributed by atoms with van der Waals surface area (Å²) in [5.41, 5.74) is 8.47. The summed E-state index contributed by atoms with van der Waals surface area (Å²) in [7, 11) is 0. The highest BCUT2D eigenvalue weighted by molar-refractivity contribution is 7.14. The van der Waals surface area contributed by atoms with Crippen molar-refractivity contribution in [3.8, 4) is 16.3 Å². The molecule has 1 heterocycles. The van der Waals surface area contributed by atoms with Crippen LogP contribution in [0.2, 0.25) is 0 Å². The number of aromatic nitrogens is 1. The Labute approximate surface area is 132 Å². The number of anilines is 1. The molecule has 0 spiro atoms. The van der Waals surface area contributed by atoms with E-state index in [0.29, 0.717) is 18.0 Å². The van der Waals surface area contributed by atoms with Crippen LogP contribution in [-0.2, 0) is 6.61 Å². The number of nitrogen functional groups attached to an aromatic ring is 1. The summed E-state index contributed by atoms with van der Waals surface area (Å²) < 4.78 is 18.5. The molecule has 0 atom stereocenters. The highest BCUT2D eigenvalue weighted by Gasteiger charge is 2.07. The number of nitrogens with zero attached hydrogens (tertiary/aromatic N) is 1. The van der Waals surface area contributed by atoms with Gasteiger partial charge in [-0.3, -0.25) is 0 Å². The second kappa shape index (κ2) is 6.15. The topological polar surface area (TPSA) is 48.1 Å². The highest BCUT2D eigenvalue weighted by Crippen LogP contribution is 2.31. The highest BCUT2D eigenvalue weighted by atomic mass is 32.1. The molecule has 0 aliphatic rings. The number of halogens is 1. The molecule has 22 heavy (non-hydrogen) atoms. The van der Waals surface area contributed by atoms with Crippen LogP contribution in [0.15, 0.2) is 48.7 Å². The third kappa shape index (κ3) is 3.26. The minimum atomic E-state index is -0.258. The average molecular weight is 314 g/mol. The molecule has 0 aliphatic heterocycles. The van der Waals surface area contributed by atoms with E-state index in [1.807, 2.05) is 31.3 Å². The minimum Gasteiger partial charge on any atom is -0.487 e. The molecule has 0 aliphatic carbocycles. The summed E-state index contributed by atoms with van der Waals surface area (Å²) in [4.78, 5) is 5.50. The van der Waals surface area contributed by atoms with Crippen molar-refractivity contribution >= 4 is 17.0 Å². The molecule has 3 rings (SSSR count). The zero-order valence-electron chi connectivity index (χ0n) is 12.0. The summed E-state index contributed by atoms with van der Waals surface area (Å²) >= 11 is 1.62. The second-order valence-electron chi connectivity index (χ2n) is 4.94. The fraction of sp³-hybridized carbons (Fsp3) is 0.118. The first kappa shape index (κ1) is 14.5. The zero-order valence-corrected chi connectivity index (χ0v) is 12.9. The number of aryl methyl sites for hydroxylation is 1. The summed E-state index contributed by atoms with van der Waals surface area (Å²) in [6, 6.07) is 11.8. The number of hydrogen-bond donors (Lipinski definition) is 1. The van der Waals surface area contributed by atoms with Gasteiger partial charge in [-0.25, -0.2) is 9.37 Å². The van der Waals surface area contributed by atoms with Crippen LogP contribution >= 0.6 is 11.3 Å². The first-order valence-electron chi connectivity index (χ1n) is 6.81. The predicted octanol–water partition coefficient (Wildman–Crippen LogP) is 4.42. The van der Waals surface area contributed by atoms with Crippen LogP contribution in [-0.4, -0.2) is 4.98 Å². The molecule has 2 aromatic carbocycles. The van der Waals surface area contributed by atoms with Crippen LogP contribution in [0, 0.1) is 12.7 Å². The Morgan fingerprint density at radius 2 is 1.95 bits per heavy atom. The van der Waals surface area contributed by atoms with Gasteiger partial charge in [0.2, 0.25) is 0 Å². The van der Waals surface area contributed by atoms with Gasteiger partial charge in [-0.1, -0.05) is 12.1 Å². The van der Waals surface area contributed by atoms with E-state index in [-0.39, 0.29) is 5.82 Å². The zero-order chi connectivity index (χ0) is 15.5. The van der Waals surface area contributed by atoms with E-state index in [1.165, 1.54) is 12.1 Å². The maximum atomic E-state index is 12.9. The molecular formula is C17H15FN2OS. The molecule has 0 fully saturated rings. The van der Waals surface area contributed by atoms with Gasteiger partial charge in [-0.05, 0) is 42.8 Å². The fourth-order valence-corrected chi connectivity index (χ4v) is 2.80. The quantitative estimate of drug-likeness (QED) is 0.725. The molecule has 0 amide bonds. The van der Waals surface area contributed by atoms with Gasteiger partial charge in [-0.2, -0.15) is 0 Å². The number of benzene rings is 2. The van der Waals surface area contributed by atoms with Crippen LogP contribution in [0.3, 0.4) is 0 Å². The lowest BCUT2D eigenvalue weighted by Gasteiger charge is -2.10. The first-order valence-corrected chi connectivity index (χ1v) is 7.63. The van der Waals surface area contributed by atoms with Crippen molar-refractivity contribution in [3.63, 3.8) is 0 Å². The number of hydrogen-bond acceptors (Lipinski definition) is 4. The van der Waals surface area contributed by atoms with Gasteiger partial charge in [0.05, 0.1) is 5.69 Å². The molecule has 3 aromatic rings. The van der Waals surface area contributed by atoms with Crippen LogP contribution in [0.4, 0.5) is 10.1 Å². The molecule has 0 unspecified atom stereocenters. The molecule has 0 radical (unpaired) electrons. The van der Waals surface area contributed by atoms with E-state index in [9.17, 15) is 4.39 Å². The largest absolute Gasteiger partial charge is 0.487 e. The molecule has 1 aromatic heterocycles. The van der Waals surface area contributed by atoms with E-state index in [1.54, 1.807) is 23.5 Å². The van der Waals surface area contributed by atoms with Crippen LogP contribution in [0.25, 0.3) is 10.6 Å². The van der Waals surface area contributed by atoms with Crippen molar-refractivity contribution in [1.82, 2.24) is 4.98 Å². The van der Waals surface area contributed by atoms with E-state index in [4.69, 9.17) is 10.5 Å². The second-order valence-corrected chi connectivity index (χ2v) is 6.18. The third-order valence-electron chi connectivity index (χ3n) is 3.19. The van der Waals surface area contributed by atoms with E-state index in [0.717, 1.165) is 21.0 Å². The molecule has 0 saturated carbocycles. The average Bonchev–Trinajstić information content (AvgIpc) is 2.94. The minimum absolute atomic E-state index is 0.258. The van der Waals surface area contributed by atoms with Gasteiger partial charge >= 0.3 is 0 Å². The maximum absolute atomic E-state index is 12.9. The smallest absolute Gasteiger partial charge is 0.142 e. The monoisotopic (exact) mass is 314 g/mol. The molecule has 0 saturated heterocycles. The third-order valence-corrected chi connectivity index (χ3v) is 4.15. The van der Waals surface area contributed by atoms with Crippen molar-refractivity contribution in [2.45, 2.75) is 13.5 Å². The number of nitrogens with two attached hydrogens (primary N) is 1. The van der Waals surface area contributed by atoms with Crippen LogP contribution < -0.4 is 10.5 Å². The van der Waals surface area contributed by atoms with E-state index >= 15 is 0 Å². The Bertz CT molecular complexity index is 784. The van der Waals surface area contributed by atoms with Crippen molar-refractivity contribution in [2.24, 2.45) is 0 Å².